The lowest BCUT2D eigenvalue weighted by atomic mass is 10.0. The minimum Gasteiger partial charge on any atom is -0.313 e. The third kappa shape index (κ3) is 3.45. The molecule has 0 aliphatic carbocycles. The number of hydrogen-bond donors (Lipinski definition) is 2. The van der Waals surface area contributed by atoms with Crippen molar-refractivity contribution in [3.63, 3.8) is 0 Å². The third-order valence-corrected chi connectivity index (χ3v) is 4.52. The Morgan fingerprint density at radius 1 is 1.56 bits per heavy atom. The summed E-state index contributed by atoms with van der Waals surface area (Å²) in [5, 5.41) is 7.12. The van der Waals surface area contributed by atoms with Crippen molar-refractivity contribution in [1.82, 2.24) is 10.6 Å². The lowest BCUT2D eigenvalue weighted by molar-refractivity contribution is 0.372. The lowest BCUT2D eigenvalue weighted by Crippen LogP contribution is -2.42. The molecule has 1 aliphatic rings. The molecule has 2 N–H and O–H groups in total. The molecule has 0 spiro atoms. The van der Waals surface area contributed by atoms with Crippen molar-refractivity contribution < 1.29 is 0 Å². The molecule has 4 heteroatoms. The average Bonchev–Trinajstić information content (AvgIpc) is 2.74. The Kier molecular flexibility index (Phi) is 4.65. The molecule has 1 aromatic heterocycles. The summed E-state index contributed by atoms with van der Waals surface area (Å²) in [4.78, 5) is 1.32. The summed E-state index contributed by atoms with van der Waals surface area (Å²) >= 11 is 7.60. The Labute approximate surface area is 106 Å². The van der Waals surface area contributed by atoms with Crippen LogP contribution in [-0.4, -0.2) is 19.1 Å². The van der Waals surface area contributed by atoms with Gasteiger partial charge in [-0.3, -0.25) is 0 Å². The van der Waals surface area contributed by atoms with Gasteiger partial charge in [0.05, 0.1) is 4.34 Å². The number of piperidine rings is 1. The van der Waals surface area contributed by atoms with E-state index in [1.807, 2.05) is 6.07 Å². The van der Waals surface area contributed by atoms with E-state index in [-0.39, 0.29) is 0 Å². The predicted octanol–water partition coefficient (Wildman–Crippen LogP) is 3.19. The van der Waals surface area contributed by atoms with E-state index in [1.54, 1.807) is 11.3 Å². The van der Waals surface area contributed by atoms with Crippen LogP contribution >= 0.6 is 22.9 Å². The van der Waals surface area contributed by atoms with Gasteiger partial charge in [0.2, 0.25) is 0 Å². The molecule has 1 fully saturated rings. The number of halogens is 1. The standard InChI is InChI=1S/C12H19ClN2S/c1-9(11-5-6-12(13)16-11)15-8-10-4-2-3-7-14-10/h5-6,9-10,14-15H,2-4,7-8H2,1H3. The minimum atomic E-state index is 0.404. The van der Waals surface area contributed by atoms with E-state index in [0.717, 1.165) is 10.9 Å². The van der Waals surface area contributed by atoms with Gasteiger partial charge in [-0.25, -0.2) is 0 Å². The maximum atomic E-state index is 5.93. The number of nitrogens with one attached hydrogen (secondary N) is 2. The highest BCUT2D eigenvalue weighted by molar-refractivity contribution is 7.16. The lowest BCUT2D eigenvalue weighted by Gasteiger charge is -2.25. The normalized spacial score (nSPS) is 23.2. The summed E-state index contributed by atoms with van der Waals surface area (Å²) in [6.45, 7) is 4.42. The zero-order valence-corrected chi connectivity index (χ0v) is 11.2. The van der Waals surface area contributed by atoms with E-state index in [9.17, 15) is 0 Å². The molecular weight excluding hydrogens is 240 g/mol. The van der Waals surface area contributed by atoms with Crippen LogP contribution in [0.15, 0.2) is 12.1 Å². The van der Waals surface area contributed by atoms with Crippen LogP contribution in [0.25, 0.3) is 0 Å². The van der Waals surface area contributed by atoms with Gasteiger partial charge in [-0.2, -0.15) is 0 Å². The van der Waals surface area contributed by atoms with Crippen molar-refractivity contribution in [3.05, 3.63) is 21.3 Å². The van der Waals surface area contributed by atoms with Crippen LogP contribution in [0.3, 0.4) is 0 Å². The molecule has 2 unspecified atom stereocenters. The first-order chi connectivity index (χ1) is 7.75. The van der Waals surface area contributed by atoms with Crippen molar-refractivity contribution >= 4 is 22.9 Å². The van der Waals surface area contributed by atoms with Gasteiger partial charge in [-0.05, 0) is 38.4 Å². The van der Waals surface area contributed by atoms with Crippen LogP contribution in [-0.2, 0) is 0 Å². The first-order valence-electron chi connectivity index (χ1n) is 5.97. The summed E-state index contributed by atoms with van der Waals surface area (Å²) in [5.74, 6) is 0. The van der Waals surface area contributed by atoms with Gasteiger partial charge >= 0.3 is 0 Å². The second kappa shape index (κ2) is 6.01. The van der Waals surface area contributed by atoms with Crippen LogP contribution in [0.2, 0.25) is 4.34 Å². The van der Waals surface area contributed by atoms with Gasteiger partial charge in [-0.15, -0.1) is 11.3 Å². The quantitative estimate of drug-likeness (QED) is 0.867. The smallest absolute Gasteiger partial charge is 0.0931 e. The number of hydrogen-bond acceptors (Lipinski definition) is 3. The zero-order chi connectivity index (χ0) is 11.4. The molecular formula is C12H19ClN2S. The number of rotatable bonds is 4. The molecule has 1 saturated heterocycles. The largest absolute Gasteiger partial charge is 0.313 e. The van der Waals surface area contributed by atoms with Crippen LogP contribution < -0.4 is 10.6 Å². The molecule has 16 heavy (non-hydrogen) atoms. The highest BCUT2D eigenvalue weighted by Crippen LogP contribution is 2.26. The Morgan fingerprint density at radius 3 is 3.06 bits per heavy atom. The van der Waals surface area contributed by atoms with Crippen LogP contribution in [0, 0.1) is 0 Å². The van der Waals surface area contributed by atoms with Crippen molar-refractivity contribution in [3.8, 4) is 0 Å². The van der Waals surface area contributed by atoms with E-state index in [2.05, 4.69) is 23.6 Å². The summed E-state index contributed by atoms with van der Waals surface area (Å²) in [5.41, 5.74) is 0. The average molecular weight is 259 g/mol. The van der Waals surface area contributed by atoms with Crippen molar-refractivity contribution in [2.45, 2.75) is 38.3 Å². The molecule has 2 nitrogen and oxygen atoms in total. The monoisotopic (exact) mass is 258 g/mol. The van der Waals surface area contributed by atoms with Crippen LogP contribution in [0.5, 0.6) is 0 Å². The predicted molar refractivity (Wildman–Crippen MR) is 71.4 cm³/mol. The Bertz CT molecular complexity index is 321. The van der Waals surface area contributed by atoms with Gasteiger partial charge < -0.3 is 10.6 Å². The molecule has 2 heterocycles. The van der Waals surface area contributed by atoms with Gasteiger partial charge in [0.1, 0.15) is 0 Å². The topological polar surface area (TPSA) is 24.1 Å². The zero-order valence-electron chi connectivity index (χ0n) is 9.63. The molecule has 90 valence electrons. The van der Waals surface area contributed by atoms with E-state index >= 15 is 0 Å². The maximum Gasteiger partial charge on any atom is 0.0931 e. The molecule has 0 radical (unpaired) electrons. The number of thiophene rings is 1. The third-order valence-electron chi connectivity index (χ3n) is 3.10. The molecule has 2 rings (SSSR count). The molecule has 1 aromatic rings. The van der Waals surface area contributed by atoms with Gasteiger partial charge in [-0.1, -0.05) is 18.0 Å². The Hall–Kier alpha value is -0.0900. The molecule has 0 bridgehead atoms. The summed E-state index contributed by atoms with van der Waals surface area (Å²) in [6.07, 6.45) is 3.98. The van der Waals surface area contributed by atoms with E-state index in [4.69, 9.17) is 11.6 Å². The Balaban J connectivity index is 1.76. The van der Waals surface area contributed by atoms with Crippen molar-refractivity contribution in [2.24, 2.45) is 0 Å². The summed E-state index contributed by atoms with van der Waals surface area (Å²) in [6, 6.07) is 5.13. The highest BCUT2D eigenvalue weighted by Gasteiger charge is 2.14. The fraction of sp³-hybridized carbons (Fsp3) is 0.667. The maximum absolute atomic E-state index is 5.93. The minimum absolute atomic E-state index is 0.404. The molecule has 1 aliphatic heterocycles. The van der Waals surface area contributed by atoms with Crippen LogP contribution in [0.1, 0.15) is 37.1 Å². The SMILES string of the molecule is CC(NCC1CCCCN1)c1ccc(Cl)s1. The van der Waals surface area contributed by atoms with Crippen LogP contribution in [0.4, 0.5) is 0 Å². The van der Waals surface area contributed by atoms with E-state index < -0.39 is 0 Å². The highest BCUT2D eigenvalue weighted by atomic mass is 35.5. The van der Waals surface area contributed by atoms with Gasteiger partial charge in [0.25, 0.3) is 0 Å². The fourth-order valence-corrected chi connectivity index (χ4v) is 3.17. The van der Waals surface area contributed by atoms with Crippen molar-refractivity contribution in [2.75, 3.05) is 13.1 Å². The summed E-state index contributed by atoms with van der Waals surface area (Å²) in [7, 11) is 0. The second-order valence-corrected chi connectivity index (χ2v) is 6.17. The molecule has 2 atom stereocenters. The van der Waals surface area contributed by atoms with E-state index in [1.165, 1.54) is 30.7 Å². The second-order valence-electron chi connectivity index (χ2n) is 4.42. The Morgan fingerprint density at radius 2 is 2.44 bits per heavy atom. The first kappa shape index (κ1) is 12.4. The molecule has 0 saturated carbocycles. The fourth-order valence-electron chi connectivity index (χ4n) is 2.08. The van der Waals surface area contributed by atoms with Crippen molar-refractivity contribution in [1.29, 1.82) is 0 Å². The van der Waals surface area contributed by atoms with E-state index in [0.29, 0.717) is 12.1 Å². The molecule has 0 aromatic carbocycles. The van der Waals surface area contributed by atoms with Gasteiger partial charge in [0.15, 0.2) is 0 Å². The first-order valence-corrected chi connectivity index (χ1v) is 7.17. The summed E-state index contributed by atoms with van der Waals surface area (Å²) < 4.78 is 0.874. The molecule has 0 amide bonds. The van der Waals surface area contributed by atoms with Gasteiger partial charge in [0, 0.05) is 23.5 Å².